The molecule has 1 N–H and O–H groups in total. The van der Waals surface area contributed by atoms with Crippen molar-refractivity contribution < 1.29 is 0 Å². The van der Waals surface area contributed by atoms with Crippen molar-refractivity contribution in [2.75, 3.05) is 18.4 Å². The molecule has 17 heavy (non-hydrogen) atoms. The Morgan fingerprint density at radius 3 is 3.00 bits per heavy atom. The third-order valence-electron chi connectivity index (χ3n) is 3.84. The fourth-order valence-corrected chi connectivity index (χ4v) is 2.79. The molecule has 2 aliphatic rings. The average molecular weight is 230 g/mol. The third-order valence-corrected chi connectivity index (χ3v) is 3.84. The molecule has 1 aromatic carbocycles. The molecule has 3 rings (SSSR count). The van der Waals surface area contributed by atoms with Crippen molar-refractivity contribution in [1.29, 1.82) is 0 Å². The van der Waals surface area contributed by atoms with E-state index in [1.165, 1.54) is 49.0 Å². The first-order chi connectivity index (χ1) is 8.36. The molecule has 92 valence electrons. The zero-order valence-corrected chi connectivity index (χ0v) is 10.7. The van der Waals surface area contributed by atoms with Crippen molar-refractivity contribution in [3.05, 3.63) is 29.3 Å². The number of anilines is 1. The van der Waals surface area contributed by atoms with E-state index in [0.717, 1.165) is 19.1 Å². The van der Waals surface area contributed by atoms with E-state index in [1.54, 1.807) is 0 Å². The second-order valence-electron chi connectivity index (χ2n) is 5.37. The maximum atomic E-state index is 3.47. The van der Waals surface area contributed by atoms with Crippen molar-refractivity contribution in [3.8, 4) is 0 Å². The van der Waals surface area contributed by atoms with Crippen LogP contribution in [0.2, 0.25) is 0 Å². The Kier molecular flexibility index (Phi) is 3.06. The summed E-state index contributed by atoms with van der Waals surface area (Å²) in [6, 6.07) is 7.85. The molecule has 1 fully saturated rings. The molecule has 1 aromatic rings. The smallest absolute Gasteiger partial charge is 0.0376 e. The highest BCUT2D eigenvalue weighted by Gasteiger charge is 2.28. The van der Waals surface area contributed by atoms with Gasteiger partial charge in [0.15, 0.2) is 0 Å². The topological polar surface area (TPSA) is 15.3 Å². The van der Waals surface area contributed by atoms with Gasteiger partial charge in [-0.1, -0.05) is 19.1 Å². The average Bonchev–Trinajstić information content (AvgIpc) is 3.07. The highest BCUT2D eigenvalue weighted by molar-refractivity contribution is 5.57. The normalized spacial score (nSPS) is 18.2. The molecule has 1 heterocycles. The summed E-state index contributed by atoms with van der Waals surface area (Å²) in [5.41, 5.74) is 4.33. The van der Waals surface area contributed by atoms with Crippen LogP contribution in [0.15, 0.2) is 18.2 Å². The molecule has 0 radical (unpaired) electrons. The van der Waals surface area contributed by atoms with Crippen molar-refractivity contribution >= 4 is 5.69 Å². The fourth-order valence-electron chi connectivity index (χ4n) is 2.79. The molecule has 0 bridgehead atoms. The van der Waals surface area contributed by atoms with E-state index >= 15 is 0 Å². The van der Waals surface area contributed by atoms with Crippen LogP contribution < -0.4 is 5.32 Å². The molecular formula is C15H22N2. The molecule has 0 unspecified atom stereocenters. The minimum Gasteiger partial charge on any atom is -0.384 e. The Bertz CT molecular complexity index is 396. The lowest BCUT2D eigenvalue weighted by Crippen LogP contribution is -2.26. The number of hydrogen-bond acceptors (Lipinski definition) is 2. The van der Waals surface area contributed by atoms with Crippen molar-refractivity contribution in [2.45, 2.75) is 45.2 Å². The summed E-state index contributed by atoms with van der Waals surface area (Å²) in [7, 11) is 0. The summed E-state index contributed by atoms with van der Waals surface area (Å²) >= 11 is 0. The quantitative estimate of drug-likeness (QED) is 0.836. The van der Waals surface area contributed by atoms with Gasteiger partial charge in [0.05, 0.1) is 0 Å². The zero-order valence-electron chi connectivity index (χ0n) is 10.7. The highest BCUT2D eigenvalue weighted by atomic mass is 15.2. The van der Waals surface area contributed by atoms with Crippen LogP contribution in [0.5, 0.6) is 0 Å². The van der Waals surface area contributed by atoms with Gasteiger partial charge in [0.1, 0.15) is 0 Å². The van der Waals surface area contributed by atoms with Gasteiger partial charge in [-0.05, 0) is 49.4 Å². The molecule has 2 heteroatoms. The maximum absolute atomic E-state index is 3.47. The van der Waals surface area contributed by atoms with Crippen molar-refractivity contribution in [3.63, 3.8) is 0 Å². The fraction of sp³-hybridized carbons (Fsp3) is 0.600. The van der Waals surface area contributed by atoms with Gasteiger partial charge in [0.2, 0.25) is 0 Å². The van der Waals surface area contributed by atoms with Crippen LogP contribution in [0, 0.1) is 0 Å². The van der Waals surface area contributed by atoms with E-state index in [4.69, 9.17) is 0 Å². The monoisotopic (exact) mass is 230 g/mol. The zero-order chi connectivity index (χ0) is 11.7. The molecule has 0 atom stereocenters. The molecular weight excluding hydrogens is 208 g/mol. The SMILES string of the molecule is CCCN(Cc1ccc2c(c1)NCC2)C1CC1. The summed E-state index contributed by atoms with van der Waals surface area (Å²) in [6.45, 7) is 5.77. The lowest BCUT2D eigenvalue weighted by atomic mass is 10.1. The summed E-state index contributed by atoms with van der Waals surface area (Å²) < 4.78 is 0. The predicted octanol–water partition coefficient (Wildman–Crippen LogP) is 3.03. The highest BCUT2D eigenvalue weighted by Crippen LogP contribution is 2.30. The number of benzene rings is 1. The molecule has 0 saturated heterocycles. The van der Waals surface area contributed by atoms with Gasteiger partial charge < -0.3 is 5.32 Å². The van der Waals surface area contributed by atoms with Crippen LogP contribution in [0.25, 0.3) is 0 Å². The minimum atomic E-state index is 0.871. The van der Waals surface area contributed by atoms with Gasteiger partial charge in [-0.3, -0.25) is 4.90 Å². The number of hydrogen-bond donors (Lipinski definition) is 1. The molecule has 1 aliphatic heterocycles. The lowest BCUT2D eigenvalue weighted by Gasteiger charge is -2.21. The van der Waals surface area contributed by atoms with E-state index in [1.807, 2.05) is 0 Å². The van der Waals surface area contributed by atoms with Crippen LogP contribution in [0.1, 0.15) is 37.3 Å². The molecule has 1 saturated carbocycles. The second-order valence-corrected chi connectivity index (χ2v) is 5.37. The van der Waals surface area contributed by atoms with Gasteiger partial charge >= 0.3 is 0 Å². The van der Waals surface area contributed by atoms with Gasteiger partial charge in [-0.2, -0.15) is 0 Å². The van der Waals surface area contributed by atoms with Gasteiger partial charge in [0.25, 0.3) is 0 Å². The van der Waals surface area contributed by atoms with Crippen LogP contribution in [0.4, 0.5) is 5.69 Å². The summed E-state index contributed by atoms with van der Waals surface area (Å²) in [5.74, 6) is 0. The van der Waals surface area contributed by atoms with E-state index in [0.29, 0.717) is 0 Å². The number of nitrogens with one attached hydrogen (secondary N) is 1. The molecule has 0 spiro atoms. The van der Waals surface area contributed by atoms with Gasteiger partial charge in [0, 0.05) is 24.8 Å². The van der Waals surface area contributed by atoms with E-state index in [2.05, 4.69) is 35.3 Å². The predicted molar refractivity (Wildman–Crippen MR) is 72.4 cm³/mol. The molecule has 1 aliphatic carbocycles. The minimum absolute atomic E-state index is 0.871. The Morgan fingerprint density at radius 2 is 2.24 bits per heavy atom. The summed E-state index contributed by atoms with van der Waals surface area (Å²) in [4.78, 5) is 2.65. The van der Waals surface area contributed by atoms with Crippen molar-refractivity contribution in [1.82, 2.24) is 4.90 Å². The van der Waals surface area contributed by atoms with E-state index < -0.39 is 0 Å². The first-order valence-corrected chi connectivity index (χ1v) is 6.96. The van der Waals surface area contributed by atoms with Crippen LogP contribution >= 0.6 is 0 Å². The Labute approximate surface area is 104 Å². The molecule has 0 amide bonds. The summed E-state index contributed by atoms with van der Waals surface area (Å²) in [6.07, 6.45) is 5.27. The van der Waals surface area contributed by atoms with Gasteiger partial charge in [-0.25, -0.2) is 0 Å². The van der Waals surface area contributed by atoms with Crippen LogP contribution in [-0.4, -0.2) is 24.0 Å². The van der Waals surface area contributed by atoms with Crippen LogP contribution in [-0.2, 0) is 13.0 Å². The molecule has 2 nitrogen and oxygen atoms in total. The largest absolute Gasteiger partial charge is 0.384 e. The third kappa shape index (κ3) is 2.47. The van der Waals surface area contributed by atoms with E-state index in [9.17, 15) is 0 Å². The van der Waals surface area contributed by atoms with Crippen molar-refractivity contribution in [2.24, 2.45) is 0 Å². The lowest BCUT2D eigenvalue weighted by molar-refractivity contribution is 0.255. The molecule has 0 aromatic heterocycles. The Balaban J connectivity index is 1.70. The standard InChI is InChI=1S/C15H22N2/c1-2-9-17(14-5-6-14)11-12-3-4-13-7-8-16-15(13)10-12/h3-4,10,14,16H,2,5-9,11H2,1H3. The van der Waals surface area contributed by atoms with E-state index in [-0.39, 0.29) is 0 Å². The Morgan fingerprint density at radius 1 is 1.35 bits per heavy atom. The number of rotatable bonds is 5. The number of nitrogens with zero attached hydrogens (tertiary/aromatic N) is 1. The van der Waals surface area contributed by atoms with Crippen LogP contribution in [0.3, 0.4) is 0 Å². The first-order valence-electron chi connectivity index (χ1n) is 6.96. The summed E-state index contributed by atoms with van der Waals surface area (Å²) in [5, 5.41) is 3.47. The first kappa shape index (κ1) is 11.1. The maximum Gasteiger partial charge on any atom is 0.0376 e. The second kappa shape index (κ2) is 4.69. The van der Waals surface area contributed by atoms with Gasteiger partial charge in [-0.15, -0.1) is 0 Å². The Hall–Kier alpha value is -1.02. The number of fused-ring (bicyclic) bond motifs is 1.